The minimum absolute atomic E-state index is 0. The number of nitrogens with one attached hydrogen (secondary N) is 2. The number of benzene rings is 2. The lowest BCUT2D eigenvalue weighted by atomic mass is 10.0. The summed E-state index contributed by atoms with van der Waals surface area (Å²) in [4.78, 5) is 4.30. The predicted molar refractivity (Wildman–Crippen MR) is 122 cm³/mol. The summed E-state index contributed by atoms with van der Waals surface area (Å²) in [6.45, 7) is 3.92. The van der Waals surface area contributed by atoms with E-state index < -0.39 is 0 Å². The molecule has 0 radical (unpaired) electrons. The minimum atomic E-state index is 0. The van der Waals surface area contributed by atoms with E-state index in [0.717, 1.165) is 51.5 Å². The van der Waals surface area contributed by atoms with Crippen molar-refractivity contribution in [2.24, 2.45) is 4.99 Å². The summed E-state index contributed by atoms with van der Waals surface area (Å²) >= 11 is 0. The van der Waals surface area contributed by atoms with Crippen molar-refractivity contribution in [1.29, 1.82) is 0 Å². The second kappa shape index (κ2) is 12.2. The Morgan fingerprint density at radius 2 is 2.04 bits per heavy atom. The molecule has 1 heterocycles. The molecule has 1 atom stereocenters. The zero-order valence-electron chi connectivity index (χ0n) is 15.9. The van der Waals surface area contributed by atoms with Gasteiger partial charge in [0.1, 0.15) is 0 Å². The van der Waals surface area contributed by atoms with Crippen LogP contribution in [0.5, 0.6) is 0 Å². The first kappa shape index (κ1) is 21.9. The summed E-state index contributed by atoms with van der Waals surface area (Å²) in [5.41, 5.74) is 1.27. The molecular formula is C21H30IN3O2. The number of fused-ring (bicyclic) bond motifs is 1. The van der Waals surface area contributed by atoms with Crippen LogP contribution in [0.3, 0.4) is 0 Å². The third kappa shape index (κ3) is 6.93. The van der Waals surface area contributed by atoms with Crippen molar-refractivity contribution in [2.75, 3.05) is 33.4 Å². The molecule has 0 spiro atoms. The molecule has 1 fully saturated rings. The molecule has 0 bridgehead atoms. The molecule has 0 aliphatic carbocycles. The van der Waals surface area contributed by atoms with E-state index in [2.05, 4.69) is 58.1 Å². The third-order valence-corrected chi connectivity index (χ3v) is 4.64. The van der Waals surface area contributed by atoms with Crippen molar-refractivity contribution in [3.63, 3.8) is 0 Å². The van der Waals surface area contributed by atoms with Crippen molar-refractivity contribution >= 4 is 40.7 Å². The molecule has 2 aromatic carbocycles. The highest BCUT2D eigenvalue weighted by Crippen LogP contribution is 2.18. The molecule has 6 heteroatoms. The van der Waals surface area contributed by atoms with Gasteiger partial charge in [-0.2, -0.15) is 0 Å². The first-order chi connectivity index (χ1) is 12.9. The van der Waals surface area contributed by atoms with Gasteiger partial charge in [-0.1, -0.05) is 42.5 Å². The Labute approximate surface area is 178 Å². The molecule has 27 heavy (non-hydrogen) atoms. The monoisotopic (exact) mass is 483 g/mol. The predicted octanol–water partition coefficient (Wildman–Crippen LogP) is 3.71. The average molecular weight is 483 g/mol. The highest BCUT2D eigenvalue weighted by Gasteiger charge is 2.14. The van der Waals surface area contributed by atoms with Crippen LogP contribution in [0.15, 0.2) is 47.5 Å². The van der Waals surface area contributed by atoms with Crippen molar-refractivity contribution in [2.45, 2.75) is 31.9 Å². The van der Waals surface area contributed by atoms with E-state index in [0.29, 0.717) is 12.7 Å². The van der Waals surface area contributed by atoms with Gasteiger partial charge in [0, 0.05) is 33.4 Å². The lowest BCUT2D eigenvalue weighted by Gasteiger charge is -2.14. The van der Waals surface area contributed by atoms with Gasteiger partial charge < -0.3 is 20.1 Å². The fourth-order valence-corrected chi connectivity index (χ4v) is 3.22. The Balaban J connectivity index is 0.00000261. The molecule has 1 unspecified atom stereocenters. The summed E-state index contributed by atoms with van der Waals surface area (Å²) in [5.74, 6) is 0.817. The summed E-state index contributed by atoms with van der Waals surface area (Å²) in [5, 5.41) is 9.28. The molecule has 2 aromatic rings. The highest BCUT2D eigenvalue weighted by atomic mass is 127. The van der Waals surface area contributed by atoms with E-state index >= 15 is 0 Å². The van der Waals surface area contributed by atoms with Crippen molar-refractivity contribution in [1.82, 2.24) is 10.6 Å². The van der Waals surface area contributed by atoms with Crippen LogP contribution in [0.1, 0.15) is 24.8 Å². The second-order valence-electron chi connectivity index (χ2n) is 6.55. The van der Waals surface area contributed by atoms with E-state index in [1.807, 2.05) is 0 Å². The number of rotatable bonds is 8. The van der Waals surface area contributed by atoms with Gasteiger partial charge in [0.2, 0.25) is 0 Å². The summed E-state index contributed by atoms with van der Waals surface area (Å²) in [7, 11) is 1.80. The lowest BCUT2D eigenvalue weighted by Crippen LogP contribution is -2.37. The average Bonchev–Trinajstić information content (AvgIpc) is 3.20. The molecule has 2 N–H and O–H groups in total. The molecule has 5 nitrogen and oxygen atoms in total. The number of hydrogen-bond acceptors (Lipinski definition) is 3. The fraction of sp³-hybridized carbons (Fsp3) is 0.476. The molecular weight excluding hydrogens is 453 g/mol. The maximum atomic E-state index is 5.69. The number of guanidine groups is 1. The number of halogens is 1. The van der Waals surface area contributed by atoms with E-state index in [9.17, 15) is 0 Å². The van der Waals surface area contributed by atoms with Crippen LogP contribution in [0.4, 0.5) is 0 Å². The highest BCUT2D eigenvalue weighted by molar-refractivity contribution is 14.0. The van der Waals surface area contributed by atoms with Gasteiger partial charge in [0.15, 0.2) is 5.96 Å². The van der Waals surface area contributed by atoms with Gasteiger partial charge >= 0.3 is 0 Å². The fourth-order valence-electron chi connectivity index (χ4n) is 3.22. The third-order valence-electron chi connectivity index (χ3n) is 4.64. The van der Waals surface area contributed by atoms with Crippen LogP contribution >= 0.6 is 24.0 Å². The summed E-state index contributed by atoms with van der Waals surface area (Å²) in [6, 6.07) is 14.8. The molecule has 1 saturated heterocycles. The Hall–Kier alpha value is -1.38. The molecule has 0 amide bonds. The van der Waals surface area contributed by atoms with Crippen LogP contribution in [0.2, 0.25) is 0 Å². The first-order valence-corrected chi connectivity index (χ1v) is 9.47. The van der Waals surface area contributed by atoms with E-state index in [1.165, 1.54) is 16.3 Å². The van der Waals surface area contributed by atoms with Gasteiger partial charge in [-0.15, -0.1) is 24.0 Å². The first-order valence-electron chi connectivity index (χ1n) is 9.47. The Morgan fingerprint density at radius 3 is 2.85 bits per heavy atom. The second-order valence-corrected chi connectivity index (χ2v) is 6.55. The number of ether oxygens (including phenoxy) is 2. The number of nitrogens with zero attached hydrogens (tertiary/aromatic N) is 1. The topological polar surface area (TPSA) is 54.9 Å². The molecule has 1 aliphatic rings. The SMILES string of the molecule is CN=C(NCCCOCC1CCCO1)NCc1cccc2ccccc12.I. The summed E-state index contributed by atoms with van der Waals surface area (Å²) in [6.07, 6.45) is 3.54. The smallest absolute Gasteiger partial charge is 0.191 e. The van der Waals surface area contributed by atoms with Gasteiger partial charge in [0.05, 0.1) is 12.7 Å². The number of hydrogen-bond donors (Lipinski definition) is 2. The van der Waals surface area contributed by atoms with Crippen LogP contribution < -0.4 is 10.6 Å². The molecule has 0 saturated carbocycles. The van der Waals surface area contributed by atoms with Crippen LogP contribution in [0.25, 0.3) is 10.8 Å². The van der Waals surface area contributed by atoms with Gasteiger partial charge in [-0.3, -0.25) is 4.99 Å². The molecule has 3 rings (SSSR count). The van der Waals surface area contributed by atoms with E-state index in [1.54, 1.807) is 7.05 Å². The standard InChI is InChI=1S/C21H29N3O2.HI/c1-22-21(23-12-6-13-25-16-19-10-5-14-26-19)24-15-18-9-4-8-17-7-2-3-11-20(17)18;/h2-4,7-9,11,19H,5-6,10,12-16H2,1H3,(H2,22,23,24);1H. The van der Waals surface area contributed by atoms with Crippen molar-refractivity contribution in [3.8, 4) is 0 Å². The minimum Gasteiger partial charge on any atom is -0.379 e. The normalized spacial score (nSPS) is 16.9. The quantitative estimate of drug-likeness (QED) is 0.260. The Bertz CT molecular complexity index is 712. The Kier molecular flexibility index (Phi) is 9.86. The van der Waals surface area contributed by atoms with E-state index in [4.69, 9.17) is 9.47 Å². The molecule has 0 aromatic heterocycles. The molecule has 1 aliphatic heterocycles. The maximum absolute atomic E-state index is 5.69. The zero-order chi connectivity index (χ0) is 18.0. The van der Waals surface area contributed by atoms with Crippen molar-refractivity contribution in [3.05, 3.63) is 48.0 Å². The largest absolute Gasteiger partial charge is 0.379 e. The van der Waals surface area contributed by atoms with Crippen LogP contribution in [0, 0.1) is 0 Å². The van der Waals surface area contributed by atoms with Crippen LogP contribution in [-0.2, 0) is 16.0 Å². The van der Waals surface area contributed by atoms with Gasteiger partial charge in [-0.25, -0.2) is 0 Å². The van der Waals surface area contributed by atoms with E-state index in [-0.39, 0.29) is 24.0 Å². The maximum Gasteiger partial charge on any atom is 0.191 e. The summed E-state index contributed by atoms with van der Waals surface area (Å²) < 4.78 is 11.2. The van der Waals surface area contributed by atoms with Crippen molar-refractivity contribution < 1.29 is 9.47 Å². The van der Waals surface area contributed by atoms with Gasteiger partial charge in [0.25, 0.3) is 0 Å². The zero-order valence-corrected chi connectivity index (χ0v) is 18.3. The lowest BCUT2D eigenvalue weighted by molar-refractivity contribution is 0.0168. The number of aliphatic imine (C=N–C) groups is 1. The van der Waals surface area contributed by atoms with Crippen LogP contribution in [-0.4, -0.2) is 45.5 Å². The molecule has 148 valence electrons. The van der Waals surface area contributed by atoms with Gasteiger partial charge in [-0.05, 0) is 35.6 Å². The Morgan fingerprint density at radius 1 is 1.19 bits per heavy atom.